The number of nitrogens with zero attached hydrogens (tertiary/aromatic N) is 1. The van der Waals surface area contributed by atoms with Crippen LogP contribution in [0.25, 0.3) is 0 Å². The molecule has 2 N–H and O–H groups in total. The minimum atomic E-state index is -1.21. The van der Waals surface area contributed by atoms with Crippen LogP contribution >= 0.6 is 23.2 Å². The highest BCUT2D eigenvalue weighted by atomic mass is 35.5. The van der Waals surface area contributed by atoms with Gasteiger partial charge < -0.3 is 20.1 Å². The number of morpholine rings is 1. The third kappa shape index (κ3) is 5.41. The number of carboxylic acids is 1. The topological polar surface area (TPSA) is 95.9 Å². The Morgan fingerprint density at radius 1 is 1.19 bits per heavy atom. The van der Waals surface area contributed by atoms with Crippen molar-refractivity contribution in [2.24, 2.45) is 0 Å². The molecule has 0 spiro atoms. The Morgan fingerprint density at radius 2 is 1.91 bits per heavy atom. The number of aliphatic carboxylic acids is 1. The van der Waals surface area contributed by atoms with E-state index in [1.165, 1.54) is 4.90 Å². The second-order valence-corrected chi connectivity index (χ2v) is 8.40. The quantitative estimate of drug-likeness (QED) is 0.522. The predicted octanol–water partition coefficient (Wildman–Crippen LogP) is 4.35. The maximum absolute atomic E-state index is 13.5. The third-order valence-electron chi connectivity index (χ3n) is 5.33. The molecule has 0 saturated carbocycles. The minimum Gasteiger partial charge on any atom is -0.481 e. The molecule has 4 atom stereocenters. The number of hydrogen-bond acceptors (Lipinski definition) is 4. The molecule has 0 bridgehead atoms. The van der Waals surface area contributed by atoms with Crippen LogP contribution in [0.15, 0.2) is 48.5 Å². The molecular weight excluding hydrogens is 455 g/mol. The van der Waals surface area contributed by atoms with Gasteiger partial charge in [0.25, 0.3) is 5.91 Å². The van der Waals surface area contributed by atoms with E-state index in [0.29, 0.717) is 34.9 Å². The molecule has 2 aromatic carbocycles. The molecule has 2 amide bonds. The lowest BCUT2D eigenvalue weighted by Gasteiger charge is -2.47. The van der Waals surface area contributed by atoms with Gasteiger partial charge in [0, 0.05) is 10.0 Å². The number of carboxylic acid groups (broad SMARTS) is 1. The Bertz CT molecular complexity index is 969. The fourth-order valence-corrected chi connectivity index (χ4v) is 4.32. The number of nitrogens with one attached hydrogen (secondary N) is 1. The normalized spacial score (nSPS) is 21.8. The van der Waals surface area contributed by atoms with Crippen LogP contribution in [0.2, 0.25) is 10.0 Å². The first-order valence-corrected chi connectivity index (χ1v) is 11.0. The lowest BCUT2D eigenvalue weighted by atomic mass is 9.90. The first kappa shape index (κ1) is 24.0. The Kier molecular flexibility index (Phi) is 8.12. The summed E-state index contributed by atoms with van der Waals surface area (Å²) in [4.78, 5) is 37.9. The molecule has 170 valence electrons. The van der Waals surface area contributed by atoms with E-state index in [1.54, 1.807) is 42.5 Å². The number of amides is 2. The number of hydrogen-bond donors (Lipinski definition) is 2. The van der Waals surface area contributed by atoms with Gasteiger partial charge in [-0.15, -0.1) is 0 Å². The number of ether oxygens (including phenoxy) is 1. The molecule has 0 aromatic heterocycles. The van der Waals surface area contributed by atoms with Crippen LogP contribution in [0.4, 0.5) is 0 Å². The fraction of sp³-hybridized carbons (Fsp3) is 0.348. The highest BCUT2D eigenvalue weighted by Crippen LogP contribution is 2.44. The molecule has 2 aromatic rings. The predicted molar refractivity (Wildman–Crippen MR) is 120 cm³/mol. The molecule has 0 aliphatic carbocycles. The average molecular weight is 479 g/mol. The van der Waals surface area contributed by atoms with Gasteiger partial charge in [-0.2, -0.15) is 0 Å². The van der Waals surface area contributed by atoms with E-state index in [2.05, 4.69) is 5.32 Å². The van der Waals surface area contributed by atoms with Crippen LogP contribution < -0.4 is 5.32 Å². The molecule has 3 rings (SSSR count). The van der Waals surface area contributed by atoms with Gasteiger partial charge in [-0.3, -0.25) is 14.4 Å². The van der Waals surface area contributed by atoms with Crippen LogP contribution in [0.3, 0.4) is 0 Å². The summed E-state index contributed by atoms with van der Waals surface area (Å²) in [6, 6.07) is 13.4. The maximum atomic E-state index is 13.5. The molecule has 9 heteroatoms. The van der Waals surface area contributed by atoms with Crippen LogP contribution in [-0.2, 0) is 19.1 Å². The standard InChI is InChI=1S/C23H24Cl2N2O5/c1-2-4-19(26-13-28)27-21(14-7-9-16(24)10-8-14)22(15-5-3-6-17(25)11-15)32-18(23(27)31)12-20(29)30/h3,5-11,13,18-19,21-22H,2,4,12H2,1H3,(H,26,28)(H,29,30)/t18-,19?,21+,22-/m0/s1. The summed E-state index contributed by atoms with van der Waals surface area (Å²) in [7, 11) is 0. The van der Waals surface area contributed by atoms with Crippen molar-refractivity contribution in [1.29, 1.82) is 0 Å². The largest absolute Gasteiger partial charge is 0.481 e. The smallest absolute Gasteiger partial charge is 0.306 e. The highest BCUT2D eigenvalue weighted by Gasteiger charge is 2.47. The second-order valence-electron chi connectivity index (χ2n) is 7.53. The minimum absolute atomic E-state index is 0.482. The highest BCUT2D eigenvalue weighted by molar-refractivity contribution is 6.30. The van der Waals surface area contributed by atoms with Crippen molar-refractivity contribution in [3.8, 4) is 0 Å². The van der Waals surface area contributed by atoms with E-state index < -0.39 is 42.7 Å². The van der Waals surface area contributed by atoms with E-state index in [1.807, 2.05) is 13.0 Å². The molecule has 32 heavy (non-hydrogen) atoms. The summed E-state index contributed by atoms with van der Waals surface area (Å²) >= 11 is 12.3. The molecule has 7 nitrogen and oxygen atoms in total. The monoisotopic (exact) mass is 478 g/mol. The van der Waals surface area contributed by atoms with E-state index in [0.717, 1.165) is 5.56 Å². The molecule has 1 aliphatic rings. The van der Waals surface area contributed by atoms with Crippen molar-refractivity contribution in [1.82, 2.24) is 10.2 Å². The van der Waals surface area contributed by atoms with Crippen LogP contribution in [-0.4, -0.2) is 40.6 Å². The fourth-order valence-electron chi connectivity index (χ4n) is 3.99. The number of carbonyl (C=O) groups excluding carboxylic acids is 2. The SMILES string of the molecule is CCCC(NC=O)N1C(=O)[C@H](CC(=O)O)O[C@@H](c2cccc(Cl)c2)[C@H]1c1ccc(Cl)cc1. The van der Waals surface area contributed by atoms with Gasteiger partial charge in [0.05, 0.1) is 12.5 Å². The summed E-state index contributed by atoms with van der Waals surface area (Å²) < 4.78 is 6.10. The van der Waals surface area contributed by atoms with E-state index in [9.17, 15) is 19.5 Å². The maximum Gasteiger partial charge on any atom is 0.306 e. The number of rotatable bonds is 9. The zero-order valence-electron chi connectivity index (χ0n) is 17.4. The van der Waals surface area contributed by atoms with Gasteiger partial charge in [0.1, 0.15) is 18.4 Å². The summed E-state index contributed by atoms with van der Waals surface area (Å²) in [5.74, 6) is -1.66. The number of carbonyl (C=O) groups is 3. The molecule has 1 heterocycles. The van der Waals surface area contributed by atoms with Gasteiger partial charge >= 0.3 is 5.97 Å². The molecular formula is C23H24Cl2N2O5. The average Bonchev–Trinajstić information content (AvgIpc) is 2.75. The summed E-state index contributed by atoms with van der Waals surface area (Å²) in [5.41, 5.74) is 1.42. The van der Waals surface area contributed by atoms with E-state index in [4.69, 9.17) is 27.9 Å². The summed E-state index contributed by atoms with van der Waals surface area (Å²) in [6.45, 7) is 1.94. The van der Waals surface area contributed by atoms with Crippen molar-refractivity contribution in [3.63, 3.8) is 0 Å². The first-order chi connectivity index (χ1) is 15.3. The van der Waals surface area contributed by atoms with Gasteiger partial charge in [-0.1, -0.05) is 60.8 Å². The van der Waals surface area contributed by atoms with Gasteiger partial charge in [-0.25, -0.2) is 0 Å². The van der Waals surface area contributed by atoms with Gasteiger partial charge in [-0.05, 0) is 41.8 Å². The van der Waals surface area contributed by atoms with Gasteiger partial charge in [0.15, 0.2) is 0 Å². The Balaban J connectivity index is 2.18. The van der Waals surface area contributed by atoms with E-state index in [-0.39, 0.29) is 0 Å². The molecule has 1 aliphatic heterocycles. The number of halogens is 2. The molecule has 1 fully saturated rings. The third-order valence-corrected chi connectivity index (χ3v) is 5.82. The summed E-state index contributed by atoms with van der Waals surface area (Å²) in [6.07, 6.45) is -1.36. The Morgan fingerprint density at radius 3 is 2.50 bits per heavy atom. The zero-order valence-corrected chi connectivity index (χ0v) is 18.9. The van der Waals surface area contributed by atoms with Crippen molar-refractivity contribution in [2.45, 2.75) is 50.6 Å². The zero-order chi connectivity index (χ0) is 23.3. The Hall–Kier alpha value is -2.61. The van der Waals surface area contributed by atoms with Crippen LogP contribution in [0.1, 0.15) is 49.5 Å². The second kappa shape index (κ2) is 10.8. The first-order valence-electron chi connectivity index (χ1n) is 10.3. The van der Waals surface area contributed by atoms with Gasteiger partial charge in [0.2, 0.25) is 6.41 Å². The lowest BCUT2D eigenvalue weighted by molar-refractivity contribution is -0.185. The van der Waals surface area contributed by atoms with Crippen molar-refractivity contribution >= 4 is 41.5 Å². The molecule has 1 unspecified atom stereocenters. The number of benzene rings is 2. The van der Waals surface area contributed by atoms with Crippen LogP contribution in [0.5, 0.6) is 0 Å². The molecule has 0 radical (unpaired) electrons. The van der Waals surface area contributed by atoms with Crippen molar-refractivity contribution < 1.29 is 24.2 Å². The van der Waals surface area contributed by atoms with Crippen molar-refractivity contribution in [2.75, 3.05) is 0 Å². The van der Waals surface area contributed by atoms with E-state index >= 15 is 0 Å². The Labute approximate surface area is 196 Å². The molecule has 1 saturated heterocycles. The summed E-state index contributed by atoms with van der Waals surface area (Å²) in [5, 5.41) is 13.1. The lowest BCUT2D eigenvalue weighted by Crippen LogP contribution is -2.58. The van der Waals surface area contributed by atoms with Crippen LogP contribution in [0, 0.1) is 0 Å². The van der Waals surface area contributed by atoms with Crippen molar-refractivity contribution in [3.05, 3.63) is 69.7 Å².